The van der Waals surface area contributed by atoms with E-state index in [-0.39, 0.29) is 44.5 Å². The van der Waals surface area contributed by atoms with Crippen LogP contribution in [0.4, 0.5) is 5.69 Å². The molecule has 9 atom stereocenters. The Kier molecular flexibility index (Phi) is 13.7. The van der Waals surface area contributed by atoms with Crippen molar-refractivity contribution >= 4 is 40.3 Å². The largest absolute Gasteiger partial charge is 0.507 e. The number of piperazine rings is 1. The molecule has 0 spiro atoms. The first-order valence-electron chi connectivity index (χ1n) is 19.8. The van der Waals surface area contributed by atoms with Crippen LogP contribution in [0.15, 0.2) is 41.2 Å². The van der Waals surface area contributed by atoms with E-state index in [1.54, 1.807) is 44.9 Å². The number of likely N-dealkylation sites (N-methyl/N-ethyl adjacent to an activating group) is 1. The Balaban J connectivity index is 1.70. The number of benzene rings is 2. The molecule has 1 fully saturated rings. The summed E-state index contributed by atoms with van der Waals surface area (Å²) in [4.78, 5) is 42.6. The molecule has 0 saturated carbocycles. The molecule has 4 heterocycles. The number of fused-ring (bicyclic) bond motifs is 14. The molecule has 59 heavy (non-hydrogen) atoms. The second-order valence-electron chi connectivity index (χ2n) is 16.1. The van der Waals surface area contributed by atoms with Crippen LogP contribution in [0.5, 0.6) is 23.0 Å². The molecule has 4 aliphatic rings. The van der Waals surface area contributed by atoms with Gasteiger partial charge in [0.2, 0.25) is 0 Å². The predicted molar refractivity (Wildman–Crippen MR) is 220 cm³/mol. The number of phenolic OH excluding ortho intramolecular Hbond substituents is 3. The number of carbonyl (C=O) groups is 3. The first-order valence-corrected chi connectivity index (χ1v) is 19.8. The molecule has 16 heteroatoms. The molecule has 0 radical (unpaired) electrons. The van der Waals surface area contributed by atoms with Gasteiger partial charge in [0.25, 0.3) is 11.7 Å². The minimum Gasteiger partial charge on any atom is -0.507 e. The van der Waals surface area contributed by atoms with Crippen molar-refractivity contribution in [3.8, 4) is 23.0 Å². The standard InChI is InChI=1S/C43H58N4O12/c1-21-12-11-13-22(2)42(55)45-33-28(20-44-47-17-15-46(9)16-18-47)37(52)30-31(38(33)53)36(51)26(6)40-32(30)41(54)43(8,59-40)57-19-14-29(56-10)23(3)39(58-27(7)48)25(5)35(50)24(4)34(21)49/h11-14,19-21,23-25,29,34-35,39,49-53H,15-18H2,1-10H3,(H,45,55)/b12-11?,19-14?,22-13?,44-20+/t21?,23-,24-,25-,29+,34+,35-,39+,43+/m1/s1. The number of ether oxygens (including phenoxy) is 4. The third kappa shape index (κ3) is 8.91. The lowest BCUT2D eigenvalue weighted by Crippen LogP contribution is -2.46. The van der Waals surface area contributed by atoms with E-state index in [0.29, 0.717) is 13.1 Å². The fourth-order valence-corrected chi connectivity index (χ4v) is 7.92. The van der Waals surface area contributed by atoms with E-state index in [1.807, 2.05) is 7.05 Å². The zero-order valence-corrected chi connectivity index (χ0v) is 35.3. The number of hydrogen-bond acceptors (Lipinski definition) is 15. The Morgan fingerprint density at radius 2 is 1.61 bits per heavy atom. The van der Waals surface area contributed by atoms with Crippen LogP contribution in [-0.2, 0) is 23.8 Å². The maximum Gasteiger partial charge on any atom is 0.312 e. The molecule has 6 rings (SSSR count). The number of aromatic hydroxyl groups is 3. The van der Waals surface area contributed by atoms with Gasteiger partial charge in [-0.1, -0.05) is 45.9 Å². The van der Waals surface area contributed by atoms with E-state index in [9.17, 15) is 39.9 Å². The Morgan fingerprint density at radius 3 is 2.24 bits per heavy atom. The number of methoxy groups -OCH3 is 1. The van der Waals surface area contributed by atoms with Crippen LogP contribution < -0.4 is 10.1 Å². The lowest BCUT2D eigenvalue weighted by molar-refractivity contribution is -0.160. The number of hydrazone groups is 1. The zero-order valence-electron chi connectivity index (χ0n) is 35.3. The average Bonchev–Trinajstić information content (AvgIpc) is 3.46. The van der Waals surface area contributed by atoms with Crippen LogP contribution in [0.25, 0.3) is 10.8 Å². The summed E-state index contributed by atoms with van der Waals surface area (Å²) in [5, 5.41) is 66.8. The molecule has 2 aromatic carbocycles. The summed E-state index contributed by atoms with van der Waals surface area (Å²) in [5.41, 5.74) is -0.350. The number of Topliss-reactive ketones (excluding diaryl/α,β-unsaturated/α-hetero) is 1. The Bertz CT molecular complexity index is 2070. The predicted octanol–water partition coefficient (Wildman–Crippen LogP) is 4.34. The van der Waals surface area contributed by atoms with Gasteiger partial charge in [0.05, 0.1) is 53.0 Å². The third-order valence-corrected chi connectivity index (χ3v) is 11.9. The quantitative estimate of drug-likeness (QED) is 0.109. The van der Waals surface area contributed by atoms with Crippen molar-refractivity contribution in [2.75, 3.05) is 45.7 Å². The molecular weight excluding hydrogens is 764 g/mol. The van der Waals surface area contributed by atoms with Gasteiger partial charge in [0.1, 0.15) is 23.4 Å². The Hall–Kier alpha value is -5.16. The Labute approximate surface area is 344 Å². The van der Waals surface area contributed by atoms with Gasteiger partial charge in [-0.2, -0.15) is 5.10 Å². The molecular formula is C43H58N4O12. The van der Waals surface area contributed by atoms with Gasteiger partial charge in [-0.3, -0.25) is 19.4 Å². The fraction of sp³-hybridized carbons (Fsp3) is 0.535. The molecule has 16 nitrogen and oxygen atoms in total. The topological polar surface area (TPSA) is 220 Å². The number of rotatable bonds is 4. The molecule has 1 amide bonds. The molecule has 0 aromatic heterocycles. The van der Waals surface area contributed by atoms with Gasteiger partial charge in [-0.15, -0.1) is 0 Å². The van der Waals surface area contributed by atoms with Crippen LogP contribution in [-0.4, -0.2) is 130 Å². The van der Waals surface area contributed by atoms with Crippen molar-refractivity contribution in [1.82, 2.24) is 9.91 Å². The molecule has 322 valence electrons. The molecule has 1 unspecified atom stereocenters. The van der Waals surface area contributed by atoms with Gasteiger partial charge in [-0.25, -0.2) is 0 Å². The van der Waals surface area contributed by atoms with Gasteiger partial charge in [0, 0.05) is 87.3 Å². The summed E-state index contributed by atoms with van der Waals surface area (Å²) in [7, 11) is 3.42. The van der Waals surface area contributed by atoms with Crippen LogP contribution in [0.2, 0.25) is 0 Å². The van der Waals surface area contributed by atoms with Gasteiger partial charge >= 0.3 is 11.8 Å². The van der Waals surface area contributed by atoms with Crippen molar-refractivity contribution < 1.29 is 58.9 Å². The van der Waals surface area contributed by atoms with Crippen LogP contribution in [0.1, 0.15) is 70.0 Å². The average molecular weight is 823 g/mol. The van der Waals surface area contributed by atoms with Crippen LogP contribution in [0.3, 0.4) is 0 Å². The normalized spacial score (nSPS) is 30.1. The highest BCUT2D eigenvalue weighted by atomic mass is 16.7. The van der Waals surface area contributed by atoms with E-state index in [1.165, 1.54) is 59.4 Å². The highest BCUT2D eigenvalue weighted by molar-refractivity contribution is 6.23. The first-order chi connectivity index (χ1) is 27.7. The number of ketones is 1. The summed E-state index contributed by atoms with van der Waals surface area (Å²) in [6.45, 7) is 15.1. The third-order valence-electron chi connectivity index (χ3n) is 11.9. The lowest BCUT2D eigenvalue weighted by Gasteiger charge is -2.38. The SMILES string of the molecule is CO[C@H]1C=CO[C@@]2(C)Oc3c(C)c(O)c4c(O)c(c(/C=N/N5CCN(C)CC5)c(O)c4c3C2=O)NC(=O)C(C)=CC=CC(C)[C@H](O)[C@@H](C)[C@@H](O)[C@@H](C)[C@@H](OC(C)=O)[C@@H]1C. The van der Waals surface area contributed by atoms with Crippen molar-refractivity contribution in [3.05, 3.63) is 52.8 Å². The second kappa shape index (κ2) is 18.0. The number of anilines is 1. The number of aliphatic hydroxyl groups is 2. The molecule has 5 bridgehead atoms. The summed E-state index contributed by atoms with van der Waals surface area (Å²) >= 11 is 0. The molecule has 2 aromatic rings. The Morgan fingerprint density at radius 1 is 0.949 bits per heavy atom. The number of phenols is 3. The number of nitrogens with one attached hydrogen (secondary N) is 1. The van der Waals surface area contributed by atoms with E-state index < -0.39 is 88.8 Å². The number of carbonyl (C=O) groups excluding carboxylic acids is 3. The van der Waals surface area contributed by atoms with E-state index in [4.69, 9.17) is 18.9 Å². The van der Waals surface area contributed by atoms with Gasteiger partial charge in [-0.05, 0) is 27.0 Å². The number of aliphatic hydroxyl groups excluding tert-OH is 2. The molecule has 4 aliphatic heterocycles. The van der Waals surface area contributed by atoms with Crippen LogP contribution in [0, 0.1) is 30.6 Å². The van der Waals surface area contributed by atoms with Crippen molar-refractivity contribution in [1.29, 1.82) is 0 Å². The van der Waals surface area contributed by atoms with Crippen LogP contribution >= 0.6 is 0 Å². The zero-order chi connectivity index (χ0) is 43.7. The van der Waals surface area contributed by atoms with E-state index >= 15 is 0 Å². The number of allylic oxidation sites excluding steroid dienone is 2. The molecule has 6 N–H and O–H groups in total. The van der Waals surface area contributed by atoms with E-state index in [2.05, 4.69) is 15.3 Å². The summed E-state index contributed by atoms with van der Waals surface area (Å²) in [6, 6.07) is 0. The smallest absolute Gasteiger partial charge is 0.312 e. The van der Waals surface area contributed by atoms with Gasteiger partial charge < -0.3 is 54.7 Å². The summed E-state index contributed by atoms with van der Waals surface area (Å²) < 4.78 is 23.6. The number of amides is 1. The molecule has 1 saturated heterocycles. The van der Waals surface area contributed by atoms with Crippen molar-refractivity contribution in [2.24, 2.45) is 28.8 Å². The maximum absolute atomic E-state index is 14.4. The van der Waals surface area contributed by atoms with E-state index in [0.717, 1.165) is 13.1 Å². The monoisotopic (exact) mass is 822 g/mol. The minimum atomic E-state index is -2.04. The highest BCUT2D eigenvalue weighted by Gasteiger charge is 2.50. The number of esters is 1. The van der Waals surface area contributed by atoms with Gasteiger partial charge in [0.15, 0.2) is 5.75 Å². The second-order valence-corrected chi connectivity index (χ2v) is 16.1. The minimum absolute atomic E-state index is 0.0559. The maximum atomic E-state index is 14.4. The number of hydrogen-bond donors (Lipinski definition) is 6. The summed E-state index contributed by atoms with van der Waals surface area (Å²) in [6.07, 6.45) is 4.86. The lowest BCUT2D eigenvalue weighted by atomic mass is 9.78. The van der Waals surface area contributed by atoms with Crippen molar-refractivity contribution in [3.63, 3.8) is 0 Å². The molecule has 0 aliphatic carbocycles. The summed E-state index contributed by atoms with van der Waals surface area (Å²) in [5.74, 6) is -8.34. The fourth-order valence-electron chi connectivity index (χ4n) is 7.92. The highest BCUT2D eigenvalue weighted by Crippen LogP contribution is 2.55. The van der Waals surface area contributed by atoms with Crippen molar-refractivity contribution in [2.45, 2.75) is 85.6 Å². The first kappa shape index (κ1) is 44.9. The number of nitrogens with zero attached hydrogens (tertiary/aromatic N) is 3.